The van der Waals surface area contributed by atoms with Crippen LogP contribution in [-0.4, -0.2) is 9.78 Å². The van der Waals surface area contributed by atoms with Crippen LogP contribution in [-0.2, 0) is 13.6 Å². The van der Waals surface area contributed by atoms with Crippen molar-refractivity contribution in [2.75, 3.05) is 0 Å². The van der Waals surface area contributed by atoms with Gasteiger partial charge in [0.15, 0.2) is 0 Å². The largest absolute Gasteiger partial charge is 0.305 e. The lowest BCUT2D eigenvalue weighted by atomic mass is 10.0. The van der Waals surface area contributed by atoms with Gasteiger partial charge in [0.05, 0.1) is 10.7 Å². The molecule has 0 amide bonds. The molecule has 5 heteroatoms. The summed E-state index contributed by atoms with van der Waals surface area (Å²) in [6.07, 6.45) is 1.04. The molecular weight excluding hydrogens is 278 g/mol. The Morgan fingerprint density at radius 2 is 2.21 bits per heavy atom. The molecule has 0 saturated heterocycles. The van der Waals surface area contributed by atoms with Gasteiger partial charge in [-0.15, -0.1) is 11.3 Å². The highest BCUT2D eigenvalue weighted by Gasteiger charge is 2.18. The number of nitrogens with zero attached hydrogens (tertiary/aromatic N) is 2. The van der Waals surface area contributed by atoms with Crippen molar-refractivity contribution < 1.29 is 0 Å². The number of hydrogen-bond donors (Lipinski definition) is 1. The van der Waals surface area contributed by atoms with Crippen LogP contribution in [0.15, 0.2) is 11.4 Å². The molecule has 0 radical (unpaired) electrons. The molecule has 0 bridgehead atoms. The Balaban J connectivity index is 2.14. The van der Waals surface area contributed by atoms with Crippen LogP contribution in [0, 0.1) is 13.8 Å². The van der Waals surface area contributed by atoms with Gasteiger partial charge in [0.1, 0.15) is 0 Å². The molecule has 104 valence electrons. The van der Waals surface area contributed by atoms with Gasteiger partial charge in [0, 0.05) is 35.8 Å². The van der Waals surface area contributed by atoms with E-state index in [1.165, 1.54) is 16.1 Å². The number of hydrogen-bond acceptors (Lipinski definition) is 3. The maximum Gasteiger partial charge on any atom is 0.0644 e. The molecular formula is C14H20ClN3S. The minimum absolute atomic E-state index is 0.326. The minimum Gasteiger partial charge on any atom is -0.305 e. The van der Waals surface area contributed by atoms with E-state index in [0.29, 0.717) is 6.04 Å². The summed E-state index contributed by atoms with van der Waals surface area (Å²) in [7, 11) is 1.99. The highest BCUT2D eigenvalue weighted by Crippen LogP contribution is 2.26. The third-order valence-electron chi connectivity index (χ3n) is 3.52. The van der Waals surface area contributed by atoms with Crippen molar-refractivity contribution in [2.24, 2.45) is 7.05 Å². The van der Waals surface area contributed by atoms with E-state index in [4.69, 9.17) is 11.6 Å². The number of nitrogens with one attached hydrogen (secondary N) is 1. The van der Waals surface area contributed by atoms with E-state index in [0.717, 1.165) is 23.7 Å². The molecule has 0 unspecified atom stereocenters. The summed E-state index contributed by atoms with van der Waals surface area (Å²) < 4.78 is 1.95. The highest BCUT2D eigenvalue weighted by atomic mass is 35.5. The lowest BCUT2D eigenvalue weighted by Crippen LogP contribution is -2.21. The molecule has 0 saturated carbocycles. The maximum absolute atomic E-state index is 6.13. The summed E-state index contributed by atoms with van der Waals surface area (Å²) in [6.45, 7) is 7.20. The highest BCUT2D eigenvalue weighted by molar-refractivity contribution is 7.10. The molecule has 0 aliphatic rings. The van der Waals surface area contributed by atoms with Crippen molar-refractivity contribution in [3.63, 3.8) is 0 Å². The molecule has 2 aromatic heterocycles. The summed E-state index contributed by atoms with van der Waals surface area (Å²) >= 11 is 7.83. The molecule has 0 aliphatic heterocycles. The molecule has 1 N–H and O–H groups in total. The first kappa shape index (κ1) is 14.6. The monoisotopic (exact) mass is 297 g/mol. The third kappa shape index (κ3) is 3.02. The van der Waals surface area contributed by atoms with Crippen LogP contribution in [0.25, 0.3) is 0 Å². The summed E-state index contributed by atoms with van der Waals surface area (Å²) in [5.41, 5.74) is 3.66. The molecule has 1 atom stereocenters. The Morgan fingerprint density at radius 1 is 1.47 bits per heavy atom. The van der Waals surface area contributed by atoms with Crippen LogP contribution in [0.1, 0.15) is 41.2 Å². The first-order valence-corrected chi connectivity index (χ1v) is 7.75. The van der Waals surface area contributed by atoms with Gasteiger partial charge in [0.2, 0.25) is 0 Å². The second-order valence-electron chi connectivity index (χ2n) is 4.74. The predicted molar refractivity (Wildman–Crippen MR) is 81.9 cm³/mol. The van der Waals surface area contributed by atoms with Crippen molar-refractivity contribution in [2.45, 2.75) is 39.8 Å². The van der Waals surface area contributed by atoms with E-state index in [1.54, 1.807) is 11.3 Å². The second kappa shape index (κ2) is 6.07. The Labute approximate surface area is 123 Å². The fraction of sp³-hybridized carbons (Fsp3) is 0.500. The van der Waals surface area contributed by atoms with Gasteiger partial charge in [-0.05, 0) is 31.7 Å². The average molecular weight is 298 g/mol. The molecule has 2 heterocycles. The zero-order valence-corrected chi connectivity index (χ0v) is 13.4. The molecule has 2 aromatic rings. The van der Waals surface area contributed by atoms with E-state index in [2.05, 4.69) is 31.2 Å². The molecule has 0 fully saturated rings. The molecule has 0 aromatic carbocycles. The molecule has 0 spiro atoms. The Morgan fingerprint density at radius 3 is 2.68 bits per heavy atom. The van der Waals surface area contributed by atoms with E-state index < -0.39 is 0 Å². The van der Waals surface area contributed by atoms with Gasteiger partial charge >= 0.3 is 0 Å². The minimum atomic E-state index is 0.326. The summed E-state index contributed by atoms with van der Waals surface area (Å²) in [5.74, 6) is 0. The molecule has 19 heavy (non-hydrogen) atoms. The normalized spacial score (nSPS) is 12.9. The van der Waals surface area contributed by atoms with E-state index in [9.17, 15) is 0 Å². The van der Waals surface area contributed by atoms with E-state index in [-0.39, 0.29) is 0 Å². The Bertz CT molecular complexity index is 559. The lowest BCUT2D eigenvalue weighted by Gasteiger charge is -2.17. The molecule has 2 rings (SSSR count). The number of halogens is 1. The Hall–Kier alpha value is -0.840. The zero-order chi connectivity index (χ0) is 14.0. The Kier molecular flexibility index (Phi) is 4.66. The van der Waals surface area contributed by atoms with Crippen molar-refractivity contribution >= 4 is 22.9 Å². The fourth-order valence-corrected chi connectivity index (χ4v) is 3.47. The van der Waals surface area contributed by atoms with Crippen LogP contribution in [0.3, 0.4) is 0 Å². The van der Waals surface area contributed by atoms with Crippen LogP contribution < -0.4 is 5.32 Å². The van der Waals surface area contributed by atoms with Gasteiger partial charge in [-0.25, -0.2) is 0 Å². The second-order valence-corrected chi connectivity index (χ2v) is 6.15. The summed E-state index contributed by atoms with van der Waals surface area (Å²) in [6, 6.07) is 2.27. The summed E-state index contributed by atoms with van der Waals surface area (Å²) in [4.78, 5) is 1.19. The van der Waals surface area contributed by atoms with Crippen molar-refractivity contribution in [3.05, 3.63) is 38.3 Å². The molecule has 3 nitrogen and oxygen atoms in total. The van der Waals surface area contributed by atoms with E-state index in [1.807, 2.05) is 23.2 Å². The molecule has 0 aliphatic carbocycles. The van der Waals surface area contributed by atoms with Gasteiger partial charge in [-0.1, -0.05) is 18.5 Å². The van der Waals surface area contributed by atoms with Gasteiger partial charge in [-0.2, -0.15) is 5.10 Å². The van der Waals surface area contributed by atoms with Crippen LogP contribution >= 0.6 is 22.9 Å². The number of aromatic nitrogens is 2. The standard InChI is InChI=1S/C14H20ClN3S/c1-5-12(14-9(2)17-18(4)10(14)3)16-8-13-11(15)6-7-19-13/h6-7,12,16H,5,8H2,1-4H3/t12-/m0/s1. The maximum atomic E-state index is 6.13. The van der Waals surface area contributed by atoms with Gasteiger partial charge < -0.3 is 5.32 Å². The van der Waals surface area contributed by atoms with Gasteiger partial charge in [0.25, 0.3) is 0 Å². The van der Waals surface area contributed by atoms with Crippen molar-refractivity contribution in [1.82, 2.24) is 15.1 Å². The number of aryl methyl sites for hydroxylation is 2. The number of rotatable bonds is 5. The first-order valence-electron chi connectivity index (χ1n) is 6.50. The average Bonchev–Trinajstić information content (AvgIpc) is 2.88. The van der Waals surface area contributed by atoms with Crippen molar-refractivity contribution in [1.29, 1.82) is 0 Å². The lowest BCUT2D eigenvalue weighted by molar-refractivity contribution is 0.517. The SMILES string of the molecule is CC[C@H](NCc1sccc1Cl)c1c(C)nn(C)c1C. The van der Waals surface area contributed by atoms with Gasteiger partial charge in [-0.3, -0.25) is 4.68 Å². The smallest absolute Gasteiger partial charge is 0.0644 e. The van der Waals surface area contributed by atoms with Crippen molar-refractivity contribution in [3.8, 4) is 0 Å². The number of thiophene rings is 1. The topological polar surface area (TPSA) is 29.9 Å². The van der Waals surface area contributed by atoms with Crippen LogP contribution in [0.5, 0.6) is 0 Å². The zero-order valence-electron chi connectivity index (χ0n) is 11.8. The third-order valence-corrected chi connectivity index (χ3v) is 4.91. The summed E-state index contributed by atoms with van der Waals surface area (Å²) in [5, 5.41) is 11.0. The fourth-order valence-electron chi connectivity index (χ4n) is 2.41. The predicted octanol–water partition coefficient (Wildman–Crippen LogP) is 3.99. The van der Waals surface area contributed by atoms with Crippen LogP contribution in [0.4, 0.5) is 0 Å². The van der Waals surface area contributed by atoms with E-state index >= 15 is 0 Å². The van der Waals surface area contributed by atoms with Crippen LogP contribution in [0.2, 0.25) is 5.02 Å². The quantitative estimate of drug-likeness (QED) is 0.904. The first-order chi connectivity index (χ1) is 9.04.